The Morgan fingerprint density at radius 2 is 1.81 bits per heavy atom. The van der Waals surface area contributed by atoms with Crippen LogP contribution >= 0.6 is 0 Å². The van der Waals surface area contributed by atoms with E-state index in [1.165, 1.54) is 19.1 Å². The number of hydrogen-bond acceptors (Lipinski definition) is 8. The molecular formula is C30H41N5O7. The van der Waals surface area contributed by atoms with Gasteiger partial charge in [-0.05, 0) is 49.1 Å². The van der Waals surface area contributed by atoms with Crippen LogP contribution in [0.1, 0.15) is 49.0 Å². The number of carbonyl (C=O) groups is 4. The lowest BCUT2D eigenvalue weighted by molar-refractivity contribution is -0.137. The topological polar surface area (TPSA) is 161 Å². The Bertz CT molecular complexity index is 1270. The molecule has 0 aliphatic carbocycles. The molecule has 1 aliphatic heterocycles. The Hall–Kier alpha value is -4.32. The number of rotatable bonds is 5. The number of nitrogens with one attached hydrogen (secondary N) is 3. The van der Waals surface area contributed by atoms with Gasteiger partial charge in [0.1, 0.15) is 17.5 Å². The molecule has 228 valence electrons. The van der Waals surface area contributed by atoms with Crippen molar-refractivity contribution in [3.05, 3.63) is 47.5 Å². The summed E-state index contributed by atoms with van der Waals surface area (Å²) in [6, 6.07) is 9.23. The third kappa shape index (κ3) is 8.59. The smallest absolute Gasteiger partial charge is 0.251 e. The van der Waals surface area contributed by atoms with Crippen LogP contribution < -0.4 is 35.9 Å². The number of carbonyl (C=O) groups excluding carboxylic acids is 4. The van der Waals surface area contributed by atoms with E-state index in [0.717, 1.165) is 0 Å². The largest absolute Gasteiger partial charge is 0.496 e. The predicted octanol–water partition coefficient (Wildman–Crippen LogP) is 1.95. The van der Waals surface area contributed by atoms with Crippen molar-refractivity contribution in [3.63, 3.8) is 0 Å². The van der Waals surface area contributed by atoms with E-state index in [9.17, 15) is 19.2 Å². The molecule has 0 saturated carbocycles. The molecular weight excluding hydrogens is 542 g/mol. The first-order chi connectivity index (χ1) is 20.2. The molecule has 1 aliphatic rings. The zero-order chi connectivity index (χ0) is 30.6. The fraction of sp³-hybridized carbons (Fsp3) is 0.467. The zero-order valence-corrected chi connectivity index (χ0v) is 24.7. The summed E-state index contributed by atoms with van der Waals surface area (Å²) >= 11 is 0. The summed E-state index contributed by atoms with van der Waals surface area (Å²) in [5.41, 5.74) is 6.50. The molecule has 2 bridgehead atoms. The average Bonchev–Trinajstić information content (AvgIpc) is 2.97. The van der Waals surface area contributed by atoms with E-state index in [1.807, 2.05) is 13.8 Å². The van der Waals surface area contributed by atoms with Crippen molar-refractivity contribution in [2.45, 2.75) is 45.7 Å². The number of ether oxygens (including phenoxy) is 3. The van der Waals surface area contributed by atoms with Crippen molar-refractivity contribution in [2.24, 2.45) is 11.7 Å². The van der Waals surface area contributed by atoms with Crippen molar-refractivity contribution in [1.29, 1.82) is 0 Å². The molecule has 0 fully saturated rings. The molecule has 42 heavy (non-hydrogen) atoms. The second kappa shape index (κ2) is 15.6. The van der Waals surface area contributed by atoms with Crippen LogP contribution in [-0.4, -0.2) is 75.0 Å². The highest BCUT2D eigenvalue weighted by Crippen LogP contribution is 2.37. The van der Waals surface area contributed by atoms with E-state index in [1.54, 1.807) is 36.4 Å². The Kier molecular flexibility index (Phi) is 12.0. The van der Waals surface area contributed by atoms with Gasteiger partial charge in [-0.2, -0.15) is 0 Å². The molecule has 5 N–H and O–H groups in total. The molecule has 1 unspecified atom stereocenters. The van der Waals surface area contributed by atoms with Crippen molar-refractivity contribution in [1.82, 2.24) is 20.9 Å². The second-order valence-corrected chi connectivity index (χ2v) is 10.2. The lowest BCUT2D eigenvalue weighted by Crippen LogP contribution is -2.52. The predicted molar refractivity (Wildman–Crippen MR) is 156 cm³/mol. The summed E-state index contributed by atoms with van der Waals surface area (Å²) in [5, 5.41) is 8.54. The fourth-order valence-corrected chi connectivity index (χ4v) is 4.54. The van der Waals surface area contributed by atoms with Gasteiger partial charge in [-0.15, -0.1) is 0 Å². The Balaban J connectivity index is 1.98. The normalized spacial score (nSPS) is 17.2. The van der Waals surface area contributed by atoms with Gasteiger partial charge in [0.05, 0.1) is 32.9 Å². The van der Waals surface area contributed by atoms with Crippen LogP contribution in [-0.2, 0) is 20.9 Å². The summed E-state index contributed by atoms with van der Waals surface area (Å²) in [4.78, 5) is 53.4. The second-order valence-electron chi connectivity index (χ2n) is 10.2. The number of nitrogens with two attached hydrogens (primary N) is 1. The first kappa shape index (κ1) is 32.2. The molecule has 0 radical (unpaired) electrons. The maximum Gasteiger partial charge on any atom is 0.251 e. The van der Waals surface area contributed by atoms with E-state index in [0.29, 0.717) is 60.1 Å². The molecule has 4 amide bonds. The Morgan fingerprint density at radius 3 is 2.50 bits per heavy atom. The van der Waals surface area contributed by atoms with Gasteiger partial charge < -0.3 is 40.8 Å². The van der Waals surface area contributed by atoms with E-state index in [4.69, 9.17) is 19.9 Å². The van der Waals surface area contributed by atoms with Crippen LogP contribution in [0.3, 0.4) is 0 Å². The molecule has 1 heterocycles. The molecule has 12 nitrogen and oxygen atoms in total. The van der Waals surface area contributed by atoms with Gasteiger partial charge in [0, 0.05) is 31.6 Å². The first-order valence-electron chi connectivity index (χ1n) is 14.0. The average molecular weight is 584 g/mol. The minimum absolute atomic E-state index is 0.0286. The minimum atomic E-state index is -0.847. The van der Waals surface area contributed by atoms with Crippen LogP contribution in [0.25, 0.3) is 0 Å². The summed E-state index contributed by atoms with van der Waals surface area (Å²) < 4.78 is 17.2. The SMILES string of the molecule is COc1ccc2cc1Oc1cccc(OC)c1CNC(=O)C(C(C)C)NC(=O)CN(C(=O)CCN)CCCCNC2=O. The Morgan fingerprint density at radius 1 is 1.05 bits per heavy atom. The maximum absolute atomic E-state index is 13.3. The fourth-order valence-electron chi connectivity index (χ4n) is 4.54. The van der Waals surface area contributed by atoms with Gasteiger partial charge >= 0.3 is 0 Å². The highest BCUT2D eigenvalue weighted by Gasteiger charge is 2.27. The molecule has 3 rings (SSSR count). The van der Waals surface area contributed by atoms with E-state index >= 15 is 0 Å². The van der Waals surface area contributed by atoms with Gasteiger partial charge in [0.15, 0.2) is 11.5 Å². The quantitative estimate of drug-likeness (QED) is 0.415. The third-order valence-electron chi connectivity index (χ3n) is 6.85. The summed E-state index contributed by atoms with van der Waals surface area (Å²) in [6.45, 7) is 4.29. The molecule has 0 saturated heterocycles. The van der Waals surface area contributed by atoms with Gasteiger partial charge in [-0.1, -0.05) is 19.9 Å². The molecule has 0 aromatic heterocycles. The van der Waals surface area contributed by atoms with Gasteiger partial charge in [0.2, 0.25) is 17.7 Å². The lowest BCUT2D eigenvalue weighted by Gasteiger charge is -2.26. The molecule has 2 aromatic rings. The van der Waals surface area contributed by atoms with Crippen LogP contribution in [0.4, 0.5) is 0 Å². The molecule has 0 spiro atoms. The van der Waals surface area contributed by atoms with Gasteiger partial charge in [-0.25, -0.2) is 0 Å². The van der Waals surface area contributed by atoms with Crippen molar-refractivity contribution in [3.8, 4) is 23.0 Å². The standard InChI is InChI=1S/C30H41N5O7/c1-19(2)28-30(39)33-17-21-22(40-3)8-7-9-23(21)42-25-16-20(10-11-24(25)41-4)29(38)32-14-5-6-15-35(18-26(36)34-28)27(37)12-13-31/h7-11,16,19,28H,5-6,12-15,17-18,31H2,1-4H3,(H,32,38)(H,33,39)(H,34,36). The van der Waals surface area contributed by atoms with E-state index < -0.39 is 17.9 Å². The lowest BCUT2D eigenvalue weighted by atomic mass is 10.0. The first-order valence-corrected chi connectivity index (χ1v) is 14.0. The van der Waals surface area contributed by atoms with Crippen LogP contribution in [0.5, 0.6) is 23.0 Å². The number of fused-ring (bicyclic) bond motifs is 3. The summed E-state index contributed by atoms with van der Waals surface area (Å²) in [7, 11) is 3.01. The highest BCUT2D eigenvalue weighted by molar-refractivity contribution is 5.95. The molecule has 1 atom stereocenters. The van der Waals surface area contributed by atoms with Crippen molar-refractivity contribution >= 4 is 23.6 Å². The van der Waals surface area contributed by atoms with E-state index in [-0.39, 0.29) is 43.8 Å². The van der Waals surface area contributed by atoms with E-state index in [2.05, 4.69) is 16.0 Å². The minimum Gasteiger partial charge on any atom is -0.496 e. The Labute approximate surface area is 246 Å². The van der Waals surface area contributed by atoms with Gasteiger partial charge in [-0.3, -0.25) is 19.2 Å². The third-order valence-corrected chi connectivity index (χ3v) is 6.85. The monoisotopic (exact) mass is 583 g/mol. The van der Waals surface area contributed by atoms with Crippen molar-refractivity contribution < 1.29 is 33.4 Å². The van der Waals surface area contributed by atoms with Crippen molar-refractivity contribution in [2.75, 3.05) is 40.4 Å². The molecule has 12 heteroatoms. The summed E-state index contributed by atoms with van der Waals surface area (Å²) in [5.74, 6) is -0.0586. The highest BCUT2D eigenvalue weighted by atomic mass is 16.5. The summed E-state index contributed by atoms with van der Waals surface area (Å²) in [6.07, 6.45) is 1.22. The number of benzene rings is 2. The van der Waals surface area contributed by atoms with Crippen LogP contribution in [0, 0.1) is 5.92 Å². The zero-order valence-electron chi connectivity index (χ0n) is 24.7. The number of hydrogen-bond donors (Lipinski definition) is 4. The number of methoxy groups -OCH3 is 2. The maximum atomic E-state index is 13.3. The van der Waals surface area contributed by atoms with Crippen LogP contribution in [0.2, 0.25) is 0 Å². The molecule has 2 aromatic carbocycles. The number of nitrogens with zero attached hydrogens (tertiary/aromatic N) is 1. The number of amides is 4. The van der Waals surface area contributed by atoms with Gasteiger partial charge in [0.25, 0.3) is 5.91 Å². The van der Waals surface area contributed by atoms with Crippen LogP contribution in [0.15, 0.2) is 36.4 Å².